The fourth-order valence-corrected chi connectivity index (χ4v) is 4.21. The van der Waals surface area contributed by atoms with E-state index in [-0.39, 0.29) is 5.91 Å². The van der Waals surface area contributed by atoms with E-state index in [0.717, 1.165) is 57.9 Å². The summed E-state index contributed by atoms with van der Waals surface area (Å²) in [7, 11) is 3.58. The van der Waals surface area contributed by atoms with Crippen LogP contribution in [0.1, 0.15) is 38.7 Å². The van der Waals surface area contributed by atoms with E-state index in [1.165, 1.54) is 5.56 Å². The van der Waals surface area contributed by atoms with Crippen molar-refractivity contribution in [1.29, 1.82) is 0 Å². The summed E-state index contributed by atoms with van der Waals surface area (Å²) in [5.41, 5.74) is 1.37. The third kappa shape index (κ3) is 7.35. The summed E-state index contributed by atoms with van der Waals surface area (Å²) in [6.45, 7) is 9.33. The van der Waals surface area contributed by atoms with Crippen molar-refractivity contribution in [3.8, 4) is 0 Å². The molecule has 1 atom stereocenters. The lowest BCUT2D eigenvalue weighted by atomic mass is 9.93. The van der Waals surface area contributed by atoms with E-state index in [4.69, 9.17) is 0 Å². The van der Waals surface area contributed by atoms with Crippen molar-refractivity contribution in [2.24, 2.45) is 10.9 Å². The van der Waals surface area contributed by atoms with Crippen molar-refractivity contribution in [2.75, 3.05) is 46.8 Å². The summed E-state index contributed by atoms with van der Waals surface area (Å²) in [5.74, 6) is 1.60. The van der Waals surface area contributed by atoms with E-state index in [1.807, 2.05) is 7.05 Å². The highest BCUT2D eigenvalue weighted by atomic mass is 16.1. The lowest BCUT2D eigenvalue weighted by Gasteiger charge is -2.36. The number of likely N-dealkylation sites (N-methyl/N-ethyl adjacent to an activating group) is 1. The van der Waals surface area contributed by atoms with Gasteiger partial charge in [-0.05, 0) is 43.8 Å². The molecule has 29 heavy (non-hydrogen) atoms. The van der Waals surface area contributed by atoms with Gasteiger partial charge in [0.05, 0.1) is 0 Å². The van der Waals surface area contributed by atoms with E-state index >= 15 is 0 Å². The molecule has 0 aliphatic carbocycles. The summed E-state index contributed by atoms with van der Waals surface area (Å²) >= 11 is 0. The molecule has 2 N–H and O–H groups in total. The molecule has 1 heterocycles. The maximum Gasteiger partial charge on any atom is 0.220 e. The second-order valence-electron chi connectivity index (χ2n) is 7.80. The molecule has 0 spiro atoms. The van der Waals surface area contributed by atoms with Crippen LogP contribution < -0.4 is 10.6 Å². The molecule has 1 aromatic rings. The highest BCUT2D eigenvalue weighted by Crippen LogP contribution is 2.20. The minimum absolute atomic E-state index is 0.147. The molecular weight excluding hydrogens is 362 g/mol. The lowest BCUT2D eigenvalue weighted by molar-refractivity contribution is -0.121. The second kappa shape index (κ2) is 12.5. The average molecular weight is 402 g/mol. The first-order valence-electron chi connectivity index (χ1n) is 11.0. The largest absolute Gasteiger partial charge is 0.359 e. The molecular formula is C23H39N5O. The monoisotopic (exact) mass is 401 g/mol. The zero-order valence-corrected chi connectivity index (χ0v) is 18.7. The second-order valence-corrected chi connectivity index (χ2v) is 7.80. The molecule has 1 saturated heterocycles. The molecule has 1 aliphatic heterocycles. The van der Waals surface area contributed by atoms with Gasteiger partial charge in [0.15, 0.2) is 5.96 Å². The number of amides is 1. The number of hydrogen-bond acceptors (Lipinski definition) is 3. The molecule has 2 rings (SSSR count). The van der Waals surface area contributed by atoms with Gasteiger partial charge < -0.3 is 15.5 Å². The van der Waals surface area contributed by atoms with Crippen LogP contribution in [-0.4, -0.2) is 74.5 Å². The van der Waals surface area contributed by atoms with Crippen LogP contribution in [0, 0.1) is 5.92 Å². The van der Waals surface area contributed by atoms with Crippen LogP contribution in [0.3, 0.4) is 0 Å². The van der Waals surface area contributed by atoms with Crippen LogP contribution >= 0.6 is 0 Å². The number of hydrogen-bond donors (Lipinski definition) is 2. The van der Waals surface area contributed by atoms with E-state index in [1.54, 1.807) is 7.05 Å². The average Bonchev–Trinajstić information content (AvgIpc) is 2.76. The molecule has 0 radical (unpaired) electrons. The molecule has 6 heteroatoms. The number of piperidine rings is 1. The standard InChI is InChI=1S/C23H39N5O/c1-5-27(6-2)21(16-19-10-8-7-9-11-19)18-26-23(25-4)28-14-12-20(13-15-28)17-22(29)24-3/h7-11,20-21H,5-6,12-18H2,1-4H3,(H,24,29)(H,25,26). The molecule has 1 amide bonds. The van der Waals surface area contributed by atoms with Gasteiger partial charge in [-0.3, -0.25) is 14.7 Å². The molecule has 1 aliphatic rings. The van der Waals surface area contributed by atoms with Crippen molar-refractivity contribution >= 4 is 11.9 Å². The molecule has 1 aromatic carbocycles. The first kappa shape index (κ1) is 23.2. The third-order valence-corrected chi connectivity index (χ3v) is 6.02. The predicted molar refractivity (Wildman–Crippen MR) is 121 cm³/mol. The van der Waals surface area contributed by atoms with Crippen LogP contribution in [0.15, 0.2) is 35.3 Å². The van der Waals surface area contributed by atoms with Crippen LogP contribution in [0.5, 0.6) is 0 Å². The van der Waals surface area contributed by atoms with Crippen molar-refractivity contribution in [1.82, 2.24) is 20.4 Å². The number of carbonyl (C=O) groups is 1. The minimum atomic E-state index is 0.147. The number of carbonyl (C=O) groups excluding carboxylic acids is 1. The molecule has 1 fully saturated rings. The number of likely N-dealkylation sites (tertiary alicyclic amines) is 1. The zero-order valence-electron chi connectivity index (χ0n) is 18.7. The van der Waals surface area contributed by atoms with E-state index < -0.39 is 0 Å². The van der Waals surface area contributed by atoms with Gasteiger partial charge in [-0.1, -0.05) is 44.2 Å². The Labute approximate surface area is 176 Å². The Hall–Kier alpha value is -2.08. The Morgan fingerprint density at radius 2 is 1.86 bits per heavy atom. The van der Waals surface area contributed by atoms with Crippen molar-refractivity contribution < 1.29 is 4.79 Å². The van der Waals surface area contributed by atoms with E-state index in [9.17, 15) is 4.79 Å². The van der Waals surface area contributed by atoms with Gasteiger partial charge >= 0.3 is 0 Å². The van der Waals surface area contributed by atoms with E-state index in [0.29, 0.717) is 18.4 Å². The molecule has 1 unspecified atom stereocenters. The maximum atomic E-state index is 11.6. The Morgan fingerprint density at radius 3 is 2.41 bits per heavy atom. The predicted octanol–water partition coefficient (Wildman–Crippen LogP) is 2.36. The number of aliphatic imine (C=N–C) groups is 1. The Balaban J connectivity index is 1.91. The molecule has 0 aromatic heterocycles. The molecule has 6 nitrogen and oxygen atoms in total. The smallest absolute Gasteiger partial charge is 0.220 e. The molecule has 0 saturated carbocycles. The summed E-state index contributed by atoms with van der Waals surface area (Å²) in [6.07, 6.45) is 3.74. The number of benzene rings is 1. The summed E-state index contributed by atoms with van der Waals surface area (Å²) < 4.78 is 0. The number of nitrogens with zero attached hydrogens (tertiary/aromatic N) is 3. The van der Waals surface area contributed by atoms with Crippen LogP contribution in [0.25, 0.3) is 0 Å². The van der Waals surface area contributed by atoms with Gasteiger partial charge in [-0.25, -0.2) is 0 Å². The van der Waals surface area contributed by atoms with Crippen molar-refractivity contribution in [3.05, 3.63) is 35.9 Å². The maximum absolute atomic E-state index is 11.6. The lowest BCUT2D eigenvalue weighted by Crippen LogP contribution is -2.51. The van der Waals surface area contributed by atoms with Gasteiger partial charge in [0, 0.05) is 46.2 Å². The van der Waals surface area contributed by atoms with Gasteiger partial charge in [-0.2, -0.15) is 0 Å². The number of rotatable bonds is 9. The van der Waals surface area contributed by atoms with Crippen LogP contribution in [-0.2, 0) is 11.2 Å². The fourth-order valence-electron chi connectivity index (χ4n) is 4.21. The number of nitrogens with one attached hydrogen (secondary N) is 2. The normalized spacial score (nSPS) is 16.7. The topological polar surface area (TPSA) is 60.0 Å². The minimum Gasteiger partial charge on any atom is -0.359 e. The molecule has 0 bridgehead atoms. The summed E-state index contributed by atoms with van der Waals surface area (Å²) in [4.78, 5) is 21.0. The van der Waals surface area contributed by atoms with E-state index in [2.05, 4.69) is 69.6 Å². The quantitative estimate of drug-likeness (QED) is 0.493. The van der Waals surface area contributed by atoms with Gasteiger partial charge in [0.1, 0.15) is 0 Å². The first-order valence-corrected chi connectivity index (χ1v) is 11.0. The third-order valence-electron chi connectivity index (χ3n) is 6.02. The van der Waals surface area contributed by atoms with Gasteiger partial charge in [-0.15, -0.1) is 0 Å². The van der Waals surface area contributed by atoms with Crippen LogP contribution in [0.4, 0.5) is 0 Å². The zero-order chi connectivity index (χ0) is 21.1. The van der Waals surface area contributed by atoms with Crippen LogP contribution in [0.2, 0.25) is 0 Å². The summed E-state index contributed by atoms with van der Waals surface area (Å²) in [5, 5.41) is 6.37. The van der Waals surface area contributed by atoms with Gasteiger partial charge in [0.25, 0.3) is 0 Å². The highest BCUT2D eigenvalue weighted by Gasteiger charge is 2.24. The first-order chi connectivity index (χ1) is 14.1. The van der Waals surface area contributed by atoms with Gasteiger partial charge in [0.2, 0.25) is 5.91 Å². The SMILES string of the molecule is CCN(CC)C(CNC(=NC)N1CCC(CC(=O)NC)CC1)Cc1ccccc1. The van der Waals surface area contributed by atoms with Crippen molar-refractivity contribution in [3.63, 3.8) is 0 Å². The Bertz CT molecular complexity index is 621. The molecule has 162 valence electrons. The van der Waals surface area contributed by atoms with Crippen molar-refractivity contribution in [2.45, 2.75) is 45.6 Å². The fraction of sp³-hybridized carbons (Fsp3) is 0.652. The summed E-state index contributed by atoms with van der Waals surface area (Å²) in [6, 6.07) is 11.2. The number of guanidine groups is 1. The highest BCUT2D eigenvalue weighted by molar-refractivity contribution is 5.80. The Kier molecular flexibility index (Phi) is 9.98. The Morgan fingerprint density at radius 1 is 1.21 bits per heavy atom.